The van der Waals surface area contributed by atoms with Gasteiger partial charge in [-0.3, -0.25) is 9.69 Å². The molecule has 3 fully saturated rings. The number of halogens is 1. The zero-order valence-corrected chi connectivity index (χ0v) is 16.5. The molecule has 0 spiro atoms. The summed E-state index contributed by atoms with van der Waals surface area (Å²) in [7, 11) is 0. The predicted octanol–water partition coefficient (Wildman–Crippen LogP) is 4.13. The van der Waals surface area contributed by atoms with Gasteiger partial charge in [-0.1, -0.05) is 54.7 Å². The van der Waals surface area contributed by atoms with Crippen molar-refractivity contribution in [3.8, 4) is 0 Å². The zero-order valence-electron chi connectivity index (χ0n) is 14.4. The van der Waals surface area contributed by atoms with Crippen LogP contribution in [0.4, 0.5) is 0 Å². The number of piperidine rings is 1. The van der Waals surface area contributed by atoms with E-state index < -0.39 is 0 Å². The normalized spacial score (nSPS) is 37.7. The van der Waals surface area contributed by atoms with Crippen LogP contribution in [-0.4, -0.2) is 33.9 Å². The Bertz CT molecular complexity index is 389. The van der Waals surface area contributed by atoms with Gasteiger partial charge in [0, 0.05) is 16.4 Å². The van der Waals surface area contributed by atoms with Crippen molar-refractivity contribution in [1.29, 1.82) is 0 Å². The average Bonchev–Trinajstić information content (AvgIpc) is 2.59. The summed E-state index contributed by atoms with van der Waals surface area (Å²) < 4.78 is 0.655. The van der Waals surface area contributed by atoms with Crippen LogP contribution in [0.2, 0.25) is 0 Å². The highest BCUT2D eigenvalue weighted by atomic mass is 127. The van der Waals surface area contributed by atoms with E-state index in [1.807, 2.05) is 0 Å². The predicted molar refractivity (Wildman–Crippen MR) is 104 cm³/mol. The molecule has 1 saturated heterocycles. The van der Waals surface area contributed by atoms with E-state index >= 15 is 0 Å². The molecule has 1 aliphatic heterocycles. The maximum absolute atomic E-state index is 12.7. The maximum atomic E-state index is 12.7. The fraction of sp³-hybridized carbons (Fsp3) is 0.947. The fourth-order valence-corrected chi connectivity index (χ4v) is 5.91. The molecule has 0 aromatic heterocycles. The van der Waals surface area contributed by atoms with Crippen LogP contribution in [0.15, 0.2) is 0 Å². The van der Waals surface area contributed by atoms with Crippen LogP contribution in [0.3, 0.4) is 0 Å². The molecule has 2 aliphatic carbocycles. The van der Waals surface area contributed by atoms with Gasteiger partial charge in [0.05, 0.1) is 12.7 Å². The molecule has 3 aliphatic rings. The molecule has 0 amide bonds. The van der Waals surface area contributed by atoms with Gasteiger partial charge in [-0.25, -0.2) is 0 Å². The lowest BCUT2D eigenvalue weighted by molar-refractivity contribution is -0.126. The standard InChI is InChI=1S/C19H33IN2O/c20-17-10-11-19(21)22(12-17)13-18(23)16-8-6-15(7-9-16)14-4-2-1-3-5-14/h14-17,19H,1-13,21H2. The van der Waals surface area contributed by atoms with Gasteiger partial charge in [0.25, 0.3) is 0 Å². The van der Waals surface area contributed by atoms with Crippen molar-refractivity contribution in [3.05, 3.63) is 0 Å². The number of carbonyl (C=O) groups is 1. The molecule has 132 valence electrons. The van der Waals surface area contributed by atoms with E-state index in [1.54, 1.807) is 0 Å². The zero-order chi connectivity index (χ0) is 16.2. The Morgan fingerprint density at radius 1 is 0.913 bits per heavy atom. The van der Waals surface area contributed by atoms with Crippen molar-refractivity contribution in [2.75, 3.05) is 13.1 Å². The smallest absolute Gasteiger partial charge is 0.149 e. The Balaban J connectivity index is 1.44. The molecule has 4 heteroatoms. The Kier molecular flexibility index (Phi) is 6.79. The number of hydrogen-bond acceptors (Lipinski definition) is 3. The second-order valence-electron chi connectivity index (χ2n) is 8.15. The van der Waals surface area contributed by atoms with E-state index in [4.69, 9.17) is 5.73 Å². The lowest BCUT2D eigenvalue weighted by Gasteiger charge is -2.38. The Morgan fingerprint density at radius 3 is 2.26 bits per heavy atom. The van der Waals surface area contributed by atoms with E-state index in [0.29, 0.717) is 22.2 Å². The first kappa shape index (κ1) is 18.1. The van der Waals surface area contributed by atoms with Crippen LogP contribution in [0.25, 0.3) is 0 Å². The monoisotopic (exact) mass is 432 g/mol. The Labute approximate surface area is 155 Å². The van der Waals surface area contributed by atoms with Gasteiger partial charge in [0.15, 0.2) is 0 Å². The van der Waals surface area contributed by atoms with Crippen LogP contribution in [-0.2, 0) is 4.79 Å². The molecule has 2 N–H and O–H groups in total. The first-order valence-corrected chi connectivity index (χ1v) is 11.0. The minimum Gasteiger partial charge on any atom is -0.316 e. The van der Waals surface area contributed by atoms with Crippen molar-refractivity contribution in [3.63, 3.8) is 0 Å². The summed E-state index contributed by atoms with van der Waals surface area (Å²) >= 11 is 2.50. The highest BCUT2D eigenvalue weighted by Crippen LogP contribution is 2.40. The van der Waals surface area contributed by atoms with Gasteiger partial charge in [-0.15, -0.1) is 0 Å². The lowest BCUT2D eigenvalue weighted by atomic mass is 9.70. The highest BCUT2D eigenvalue weighted by Gasteiger charge is 2.33. The number of carbonyl (C=O) groups excluding carboxylic acids is 1. The van der Waals surface area contributed by atoms with E-state index in [-0.39, 0.29) is 6.17 Å². The topological polar surface area (TPSA) is 46.3 Å². The molecule has 0 radical (unpaired) electrons. The third kappa shape index (κ3) is 4.91. The molecule has 23 heavy (non-hydrogen) atoms. The quantitative estimate of drug-likeness (QED) is 0.537. The molecular formula is C19H33IN2O. The van der Waals surface area contributed by atoms with Crippen molar-refractivity contribution in [2.45, 2.75) is 80.7 Å². The van der Waals surface area contributed by atoms with Crippen LogP contribution in [0, 0.1) is 17.8 Å². The molecule has 0 aromatic carbocycles. The summed E-state index contributed by atoms with van der Waals surface area (Å²) in [6.45, 7) is 1.59. The number of rotatable bonds is 4. The molecule has 0 bridgehead atoms. The van der Waals surface area contributed by atoms with Crippen LogP contribution < -0.4 is 5.73 Å². The van der Waals surface area contributed by atoms with E-state index in [1.165, 1.54) is 51.4 Å². The van der Waals surface area contributed by atoms with E-state index in [0.717, 1.165) is 37.6 Å². The maximum Gasteiger partial charge on any atom is 0.149 e. The van der Waals surface area contributed by atoms with Crippen molar-refractivity contribution in [2.24, 2.45) is 23.5 Å². The second kappa shape index (κ2) is 8.61. The number of alkyl halides is 1. The van der Waals surface area contributed by atoms with Crippen molar-refractivity contribution in [1.82, 2.24) is 4.90 Å². The largest absolute Gasteiger partial charge is 0.316 e. The average molecular weight is 432 g/mol. The molecule has 2 saturated carbocycles. The van der Waals surface area contributed by atoms with E-state index in [9.17, 15) is 4.79 Å². The first-order chi connectivity index (χ1) is 11.1. The van der Waals surface area contributed by atoms with Gasteiger partial charge in [0.1, 0.15) is 5.78 Å². The van der Waals surface area contributed by atoms with Gasteiger partial charge in [-0.05, 0) is 50.4 Å². The van der Waals surface area contributed by atoms with Gasteiger partial charge < -0.3 is 5.73 Å². The number of nitrogens with zero attached hydrogens (tertiary/aromatic N) is 1. The summed E-state index contributed by atoms with van der Waals surface area (Å²) in [5.74, 6) is 2.66. The number of hydrogen-bond donors (Lipinski definition) is 1. The number of ketones is 1. The van der Waals surface area contributed by atoms with Crippen LogP contribution >= 0.6 is 22.6 Å². The van der Waals surface area contributed by atoms with Gasteiger partial charge in [0.2, 0.25) is 0 Å². The number of nitrogens with two attached hydrogens (primary N) is 1. The third-order valence-electron chi connectivity index (χ3n) is 6.58. The van der Waals surface area contributed by atoms with E-state index in [2.05, 4.69) is 27.5 Å². The molecular weight excluding hydrogens is 399 g/mol. The summed E-state index contributed by atoms with van der Waals surface area (Å²) in [6.07, 6.45) is 14.4. The summed E-state index contributed by atoms with van der Waals surface area (Å²) in [6, 6.07) is 0. The molecule has 3 rings (SSSR count). The summed E-state index contributed by atoms with van der Waals surface area (Å²) in [4.78, 5) is 14.9. The number of Topliss-reactive ketones (excluding diaryl/α,β-unsaturated/α-hetero) is 1. The summed E-state index contributed by atoms with van der Waals surface area (Å²) in [5, 5.41) is 0. The molecule has 2 atom stereocenters. The minimum atomic E-state index is 0.101. The molecule has 2 unspecified atom stereocenters. The van der Waals surface area contributed by atoms with Crippen molar-refractivity contribution < 1.29 is 4.79 Å². The summed E-state index contributed by atoms with van der Waals surface area (Å²) in [5.41, 5.74) is 6.21. The van der Waals surface area contributed by atoms with Crippen LogP contribution in [0.5, 0.6) is 0 Å². The lowest BCUT2D eigenvalue weighted by Crippen LogP contribution is -2.51. The second-order valence-corrected chi connectivity index (χ2v) is 9.91. The molecule has 0 aromatic rings. The van der Waals surface area contributed by atoms with Gasteiger partial charge >= 0.3 is 0 Å². The van der Waals surface area contributed by atoms with Gasteiger partial charge in [-0.2, -0.15) is 0 Å². The Morgan fingerprint density at radius 2 is 1.57 bits per heavy atom. The number of likely N-dealkylation sites (tertiary alicyclic amines) is 1. The molecule has 3 nitrogen and oxygen atoms in total. The third-order valence-corrected chi connectivity index (χ3v) is 7.60. The highest BCUT2D eigenvalue weighted by molar-refractivity contribution is 14.1. The molecule has 1 heterocycles. The first-order valence-electron chi connectivity index (χ1n) is 9.80. The van der Waals surface area contributed by atoms with Crippen molar-refractivity contribution >= 4 is 28.4 Å². The fourth-order valence-electron chi connectivity index (χ4n) is 5.04. The Hall–Kier alpha value is 0.320. The van der Waals surface area contributed by atoms with Crippen LogP contribution in [0.1, 0.15) is 70.6 Å². The SMILES string of the molecule is NC1CCC(I)CN1CC(=O)C1CCC(C2CCCCC2)CC1. The minimum absolute atomic E-state index is 0.101.